The number of anilines is 2. The Morgan fingerprint density at radius 1 is 0.783 bits per heavy atom. The summed E-state index contributed by atoms with van der Waals surface area (Å²) in [7, 11) is -9.50. The molecule has 0 fully saturated rings. The molecule has 0 unspecified atom stereocenters. The second kappa shape index (κ2) is 16.2. The maximum absolute atomic E-state index is 12.6. The van der Waals surface area contributed by atoms with Crippen LogP contribution in [0.5, 0.6) is 0 Å². The molecule has 1 aliphatic rings. The zero-order chi connectivity index (χ0) is 32.8. The summed E-state index contributed by atoms with van der Waals surface area (Å²) in [6.45, 7) is 11.8. The van der Waals surface area contributed by atoms with Gasteiger partial charge in [0.05, 0.1) is 9.79 Å². The Kier molecular flexibility index (Phi) is 13.2. The number of nitrogens with zero attached hydrogens (tertiary/aromatic N) is 2. The number of hydrogen-bond acceptors (Lipinski definition) is 8. The first-order valence-electron chi connectivity index (χ1n) is 14.9. The van der Waals surface area contributed by atoms with Crippen molar-refractivity contribution in [3.63, 3.8) is 0 Å². The van der Waals surface area contributed by atoms with Gasteiger partial charge < -0.3 is 19.3 Å². The fourth-order valence-electron chi connectivity index (χ4n) is 5.40. The van der Waals surface area contributed by atoms with Crippen molar-refractivity contribution >= 4 is 42.9 Å². The quantitative estimate of drug-likeness (QED) is 0.176. The van der Waals surface area contributed by atoms with Gasteiger partial charge >= 0.3 is 29.6 Å². The summed E-state index contributed by atoms with van der Waals surface area (Å²) >= 11 is 0. The Morgan fingerprint density at radius 3 is 1.96 bits per heavy atom. The number of hydrogen-bond donors (Lipinski definition) is 1. The molecule has 0 spiro atoms. The monoisotopic (exact) mass is 671 g/mol. The van der Waals surface area contributed by atoms with Crippen molar-refractivity contribution in [2.75, 3.05) is 36.4 Å². The minimum absolute atomic E-state index is 0. The molecule has 0 aliphatic heterocycles. The molecule has 46 heavy (non-hydrogen) atoms. The van der Waals surface area contributed by atoms with Crippen molar-refractivity contribution in [2.45, 2.75) is 44.0 Å². The van der Waals surface area contributed by atoms with Gasteiger partial charge in [-0.15, -0.1) is 0 Å². The van der Waals surface area contributed by atoms with E-state index in [-0.39, 0.29) is 51.5 Å². The van der Waals surface area contributed by atoms with E-state index in [4.69, 9.17) is 0 Å². The first-order chi connectivity index (χ1) is 21.4. The Balaban J connectivity index is 0.00000576. The molecule has 238 valence electrons. The van der Waals surface area contributed by atoms with Gasteiger partial charge in [0, 0.05) is 48.7 Å². The molecule has 0 heterocycles. The largest absolute Gasteiger partial charge is 1.00 e. The molecule has 0 atom stereocenters. The first-order valence-corrected chi connectivity index (χ1v) is 17.7. The molecule has 9 nitrogen and oxygen atoms in total. The van der Waals surface area contributed by atoms with Crippen LogP contribution in [-0.4, -0.2) is 62.4 Å². The van der Waals surface area contributed by atoms with Crippen molar-refractivity contribution < 1.29 is 60.1 Å². The summed E-state index contributed by atoms with van der Waals surface area (Å²) in [5.74, 6) is 0. The van der Waals surface area contributed by atoms with E-state index in [0.29, 0.717) is 16.8 Å². The Bertz CT molecular complexity index is 1870. The minimum atomic E-state index is -4.88. The van der Waals surface area contributed by atoms with Crippen molar-refractivity contribution in [1.29, 1.82) is 0 Å². The average Bonchev–Trinajstić information content (AvgIpc) is 3.02. The third kappa shape index (κ3) is 9.07. The van der Waals surface area contributed by atoms with Crippen LogP contribution in [0, 0.1) is 0 Å². The topological polar surface area (TPSA) is 133 Å². The summed E-state index contributed by atoms with van der Waals surface area (Å²) in [4.78, 5) is 1.50. The first kappa shape index (κ1) is 37.4. The van der Waals surface area contributed by atoms with Crippen LogP contribution in [0.2, 0.25) is 0 Å². The van der Waals surface area contributed by atoms with E-state index >= 15 is 0 Å². The van der Waals surface area contributed by atoms with Gasteiger partial charge in [0.2, 0.25) is 0 Å². The molecule has 3 aromatic carbocycles. The minimum Gasteiger partial charge on any atom is -0.744 e. The van der Waals surface area contributed by atoms with Gasteiger partial charge in [-0.2, -0.15) is 0 Å². The zero-order valence-corrected chi connectivity index (χ0v) is 30.5. The molecular formula is C34H38N3NaO6S2. The summed E-state index contributed by atoms with van der Waals surface area (Å²) in [6, 6.07) is 17.9. The van der Waals surface area contributed by atoms with Crippen LogP contribution in [0.15, 0.2) is 106 Å². The van der Waals surface area contributed by atoms with Gasteiger partial charge in [-0.1, -0.05) is 24.3 Å². The summed E-state index contributed by atoms with van der Waals surface area (Å²) in [5.41, 5.74) is 5.36. The molecule has 0 aromatic heterocycles. The van der Waals surface area contributed by atoms with E-state index in [1.165, 1.54) is 30.3 Å². The van der Waals surface area contributed by atoms with E-state index in [9.17, 15) is 25.9 Å². The SMILES string of the molecule is CCN(CC)c1ccc(C(=C2C=CC(=[N+](CC)CC)C=C2)c2cc(NCc3cccc(S(=O)(=O)[O-])c3)ccc2S(=O)(=O)[O-])cc1.[Na+]. The third-order valence-electron chi connectivity index (χ3n) is 7.77. The molecule has 1 N–H and O–H groups in total. The van der Waals surface area contributed by atoms with Crippen molar-refractivity contribution in [1.82, 2.24) is 0 Å². The second-order valence-corrected chi connectivity index (χ2v) is 13.2. The van der Waals surface area contributed by atoms with Crippen LogP contribution in [-0.2, 0) is 26.8 Å². The van der Waals surface area contributed by atoms with E-state index in [0.717, 1.165) is 48.7 Å². The molecule has 0 saturated heterocycles. The molecule has 0 radical (unpaired) electrons. The average molecular weight is 672 g/mol. The van der Waals surface area contributed by atoms with E-state index in [1.807, 2.05) is 48.6 Å². The fourth-order valence-corrected chi connectivity index (χ4v) is 6.61. The third-order valence-corrected chi connectivity index (χ3v) is 9.50. The number of rotatable bonds is 12. The van der Waals surface area contributed by atoms with Gasteiger partial charge in [-0.25, -0.2) is 21.4 Å². The molecule has 0 amide bonds. The zero-order valence-electron chi connectivity index (χ0n) is 26.9. The van der Waals surface area contributed by atoms with Crippen LogP contribution in [0.3, 0.4) is 0 Å². The molecule has 0 bridgehead atoms. The van der Waals surface area contributed by atoms with Gasteiger partial charge in [0.1, 0.15) is 33.3 Å². The predicted molar refractivity (Wildman–Crippen MR) is 177 cm³/mol. The van der Waals surface area contributed by atoms with Crippen LogP contribution in [0.1, 0.15) is 44.4 Å². The van der Waals surface area contributed by atoms with Crippen LogP contribution in [0.25, 0.3) is 5.57 Å². The Labute approximate surface area is 294 Å². The van der Waals surface area contributed by atoms with Crippen molar-refractivity contribution in [3.05, 3.63) is 113 Å². The number of nitrogens with one attached hydrogen (secondary N) is 1. The maximum Gasteiger partial charge on any atom is 1.00 e. The number of benzene rings is 3. The van der Waals surface area contributed by atoms with Gasteiger partial charge in [-0.05, 0) is 105 Å². The molecule has 0 saturated carbocycles. The van der Waals surface area contributed by atoms with Crippen LogP contribution >= 0.6 is 0 Å². The van der Waals surface area contributed by atoms with Crippen LogP contribution < -0.4 is 39.8 Å². The van der Waals surface area contributed by atoms with E-state index in [2.05, 4.69) is 42.5 Å². The molecule has 3 aromatic rings. The van der Waals surface area contributed by atoms with Crippen molar-refractivity contribution in [2.24, 2.45) is 0 Å². The summed E-state index contributed by atoms with van der Waals surface area (Å²) < 4.78 is 74.5. The van der Waals surface area contributed by atoms with Gasteiger partial charge in [-0.3, -0.25) is 0 Å². The Hall–Kier alpha value is -3.03. The molecule has 1 aliphatic carbocycles. The van der Waals surface area contributed by atoms with Gasteiger partial charge in [0.15, 0.2) is 5.71 Å². The second-order valence-electron chi connectivity index (χ2n) is 10.4. The smallest absolute Gasteiger partial charge is 0.744 e. The van der Waals surface area contributed by atoms with Crippen LogP contribution in [0.4, 0.5) is 11.4 Å². The number of allylic oxidation sites excluding steroid dienone is 5. The predicted octanol–water partition coefficient (Wildman–Crippen LogP) is 2.38. The maximum atomic E-state index is 12.6. The molecule has 4 rings (SSSR count). The standard InChI is InChI=1S/C34H39N3O6S2.Na/c1-5-36(6-2)29-17-12-26(13-18-29)34(27-14-19-30(20-15-27)37(7-3)8-4)32-23-28(16-21-33(32)45(41,42)43)35-24-25-10-9-11-31(22-25)44(38,39)40;/h9-23,35H,5-8,24H2,1-4H3,(H-,38,39,40,41,42,43);/q;+1/p-1. The summed E-state index contributed by atoms with van der Waals surface area (Å²) in [5, 5.41) is 3.17. The fraction of sp³-hybridized carbons (Fsp3) is 0.265. The summed E-state index contributed by atoms with van der Waals surface area (Å²) in [6.07, 6.45) is 7.82. The molecule has 12 heteroatoms. The van der Waals surface area contributed by atoms with Gasteiger partial charge in [0.25, 0.3) is 0 Å². The van der Waals surface area contributed by atoms with E-state index < -0.39 is 20.2 Å². The normalized spacial score (nSPS) is 12.9. The Morgan fingerprint density at radius 2 is 1.41 bits per heavy atom. The van der Waals surface area contributed by atoms with Crippen molar-refractivity contribution in [3.8, 4) is 0 Å². The van der Waals surface area contributed by atoms with E-state index in [1.54, 1.807) is 12.1 Å². The molecular weight excluding hydrogens is 634 g/mol.